The van der Waals surface area contributed by atoms with E-state index in [0.29, 0.717) is 12.1 Å². The Hall–Kier alpha value is -1.06. The SMILES string of the molecule is CC1=NC(C)C(C)(C)N1.CC1=NC(C)C(C)(C)N1. The van der Waals surface area contributed by atoms with Gasteiger partial charge in [-0.1, -0.05) is 0 Å². The first kappa shape index (κ1) is 15.0. The summed E-state index contributed by atoms with van der Waals surface area (Å²) in [5.41, 5.74) is 0.341. The molecule has 2 unspecified atom stereocenters. The van der Waals surface area contributed by atoms with Crippen molar-refractivity contribution in [1.82, 2.24) is 10.6 Å². The van der Waals surface area contributed by atoms with E-state index < -0.39 is 0 Å². The Kier molecular flexibility index (Phi) is 4.08. The Bertz CT molecular complexity index is 330. The average molecular weight is 252 g/mol. The van der Waals surface area contributed by atoms with Crippen LogP contribution in [0, 0.1) is 0 Å². The van der Waals surface area contributed by atoms with E-state index in [1.165, 1.54) is 0 Å². The zero-order valence-corrected chi connectivity index (χ0v) is 13.0. The molecule has 0 saturated heterocycles. The molecule has 0 saturated carbocycles. The number of nitrogens with zero attached hydrogens (tertiary/aromatic N) is 2. The lowest BCUT2D eigenvalue weighted by Crippen LogP contribution is -2.42. The van der Waals surface area contributed by atoms with Crippen LogP contribution in [0.1, 0.15) is 55.4 Å². The Morgan fingerprint density at radius 1 is 0.778 bits per heavy atom. The van der Waals surface area contributed by atoms with Gasteiger partial charge in [-0.2, -0.15) is 0 Å². The molecule has 2 atom stereocenters. The Labute approximate surface area is 111 Å². The second kappa shape index (κ2) is 4.90. The zero-order valence-electron chi connectivity index (χ0n) is 13.0. The van der Waals surface area contributed by atoms with Crippen LogP contribution in [0.5, 0.6) is 0 Å². The van der Waals surface area contributed by atoms with Crippen molar-refractivity contribution < 1.29 is 0 Å². The molecule has 2 aliphatic rings. The van der Waals surface area contributed by atoms with E-state index in [0.717, 1.165) is 11.7 Å². The molecular weight excluding hydrogens is 224 g/mol. The van der Waals surface area contributed by atoms with Crippen molar-refractivity contribution in [2.24, 2.45) is 9.98 Å². The summed E-state index contributed by atoms with van der Waals surface area (Å²) in [6, 6.07) is 0.829. The summed E-state index contributed by atoms with van der Waals surface area (Å²) < 4.78 is 0. The molecule has 18 heavy (non-hydrogen) atoms. The minimum absolute atomic E-state index is 0.171. The van der Waals surface area contributed by atoms with Gasteiger partial charge >= 0.3 is 0 Å². The van der Waals surface area contributed by atoms with Gasteiger partial charge in [0.05, 0.1) is 34.8 Å². The maximum absolute atomic E-state index is 4.35. The van der Waals surface area contributed by atoms with Gasteiger partial charge in [0.2, 0.25) is 0 Å². The van der Waals surface area contributed by atoms with Gasteiger partial charge in [-0.25, -0.2) is 0 Å². The molecule has 0 aromatic rings. The van der Waals surface area contributed by atoms with Crippen LogP contribution >= 0.6 is 0 Å². The summed E-state index contributed by atoms with van der Waals surface area (Å²) in [6.45, 7) is 16.9. The van der Waals surface area contributed by atoms with Crippen molar-refractivity contribution in [3.8, 4) is 0 Å². The molecular formula is C14H28N4. The lowest BCUT2D eigenvalue weighted by molar-refractivity contribution is 0.421. The first-order valence-corrected chi connectivity index (χ1v) is 6.70. The maximum Gasteiger partial charge on any atom is 0.0940 e. The van der Waals surface area contributed by atoms with E-state index in [-0.39, 0.29) is 11.1 Å². The monoisotopic (exact) mass is 252 g/mol. The smallest absolute Gasteiger partial charge is 0.0940 e. The lowest BCUT2D eigenvalue weighted by Gasteiger charge is -2.22. The molecule has 2 heterocycles. The second-order valence-corrected chi connectivity index (χ2v) is 6.47. The highest BCUT2D eigenvalue weighted by Gasteiger charge is 2.30. The summed E-state index contributed by atoms with van der Waals surface area (Å²) in [6.07, 6.45) is 0. The lowest BCUT2D eigenvalue weighted by atomic mass is 9.99. The van der Waals surface area contributed by atoms with Gasteiger partial charge in [-0.15, -0.1) is 0 Å². The highest BCUT2D eigenvalue weighted by molar-refractivity contribution is 5.82. The average Bonchev–Trinajstić information content (AvgIpc) is 2.50. The Balaban J connectivity index is 0.000000180. The summed E-state index contributed by atoms with van der Waals surface area (Å²) in [5.74, 6) is 2.13. The standard InChI is InChI=1S/2C7H14N2/c2*1-5-7(3,4)9-6(2)8-5/h2*5H,1-4H3,(H,8,9). The summed E-state index contributed by atoms with van der Waals surface area (Å²) in [5, 5.41) is 6.59. The maximum atomic E-state index is 4.35. The zero-order chi connectivity index (χ0) is 14.1. The van der Waals surface area contributed by atoms with Gasteiger partial charge in [0.25, 0.3) is 0 Å². The van der Waals surface area contributed by atoms with Crippen LogP contribution < -0.4 is 10.6 Å². The molecule has 0 radical (unpaired) electrons. The molecule has 104 valence electrons. The number of aliphatic imine (C=N–C) groups is 2. The third kappa shape index (κ3) is 3.47. The second-order valence-electron chi connectivity index (χ2n) is 6.47. The van der Waals surface area contributed by atoms with Gasteiger partial charge in [0, 0.05) is 0 Å². The number of nitrogens with one attached hydrogen (secondary N) is 2. The van der Waals surface area contributed by atoms with Gasteiger partial charge in [-0.05, 0) is 55.4 Å². The van der Waals surface area contributed by atoms with Crippen LogP contribution in [0.25, 0.3) is 0 Å². The fourth-order valence-corrected chi connectivity index (χ4v) is 2.11. The minimum Gasteiger partial charge on any atom is -0.367 e. The first-order chi connectivity index (χ1) is 8.04. The Morgan fingerprint density at radius 2 is 1.06 bits per heavy atom. The van der Waals surface area contributed by atoms with Gasteiger partial charge in [0.1, 0.15) is 0 Å². The highest BCUT2D eigenvalue weighted by atomic mass is 15.2. The van der Waals surface area contributed by atoms with E-state index >= 15 is 0 Å². The topological polar surface area (TPSA) is 48.8 Å². The summed E-state index contributed by atoms with van der Waals surface area (Å²) >= 11 is 0. The normalized spacial score (nSPS) is 31.6. The van der Waals surface area contributed by atoms with Crippen molar-refractivity contribution in [3.63, 3.8) is 0 Å². The minimum atomic E-state index is 0.171. The molecule has 0 spiro atoms. The van der Waals surface area contributed by atoms with E-state index in [1.54, 1.807) is 0 Å². The van der Waals surface area contributed by atoms with E-state index in [1.807, 2.05) is 13.8 Å². The molecule has 2 rings (SSSR count). The third-order valence-corrected chi connectivity index (χ3v) is 3.87. The van der Waals surface area contributed by atoms with E-state index in [2.05, 4.69) is 62.2 Å². The van der Waals surface area contributed by atoms with Crippen molar-refractivity contribution in [2.45, 2.75) is 78.6 Å². The molecule has 0 aliphatic carbocycles. The van der Waals surface area contributed by atoms with Crippen LogP contribution in [-0.4, -0.2) is 34.8 Å². The van der Waals surface area contributed by atoms with Gasteiger partial charge < -0.3 is 10.6 Å². The van der Waals surface area contributed by atoms with Crippen molar-refractivity contribution in [3.05, 3.63) is 0 Å². The molecule has 2 N–H and O–H groups in total. The number of hydrogen-bond acceptors (Lipinski definition) is 4. The molecule has 0 bridgehead atoms. The van der Waals surface area contributed by atoms with Crippen LogP contribution in [0.15, 0.2) is 9.98 Å². The van der Waals surface area contributed by atoms with Crippen molar-refractivity contribution in [1.29, 1.82) is 0 Å². The molecule has 0 aromatic carbocycles. The number of rotatable bonds is 0. The molecule has 2 aliphatic heterocycles. The summed E-state index contributed by atoms with van der Waals surface area (Å²) in [7, 11) is 0. The third-order valence-electron chi connectivity index (χ3n) is 3.87. The van der Waals surface area contributed by atoms with E-state index in [9.17, 15) is 0 Å². The van der Waals surface area contributed by atoms with Crippen LogP contribution in [-0.2, 0) is 0 Å². The van der Waals surface area contributed by atoms with Crippen LogP contribution in [0.2, 0.25) is 0 Å². The fraction of sp³-hybridized carbons (Fsp3) is 0.857. The molecule has 0 aromatic heterocycles. The Morgan fingerprint density at radius 3 is 1.11 bits per heavy atom. The molecule has 4 heteroatoms. The van der Waals surface area contributed by atoms with Crippen molar-refractivity contribution in [2.75, 3.05) is 0 Å². The fourth-order valence-electron chi connectivity index (χ4n) is 2.11. The highest BCUT2D eigenvalue weighted by Crippen LogP contribution is 2.17. The predicted octanol–water partition coefficient (Wildman–Crippen LogP) is 2.35. The quantitative estimate of drug-likeness (QED) is 0.695. The molecule has 0 amide bonds. The van der Waals surface area contributed by atoms with E-state index in [4.69, 9.17) is 0 Å². The number of hydrogen-bond donors (Lipinski definition) is 2. The summed E-state index contributed by atoms with van der Waals surface area (Å²) in [4.78, 5) is 8.69. The molecule has 4 nitrogen and oxygen atoms in total. The van der Waals surface area contributed by atoms with Gasteiger partial charge in [0.15, 0.2) is 0 Å². The largest absolute Gasteiger partial charge is 0.367 e. The van der Waals surface area contributed by atoms with Gasteiger partial charge in [-0.3, -0.25) is 9.98 Å². The van der Waals surface area contributed by atoms with Crippen LogP contribution in [0.3, 0.4) is 0 Å². The first-order valence-electron chi connectivity index (χ1n) is 6.70. The van der Waals surface area contributed by atoms with Crippen LogP contribution in [0.4, 0.5) is 0 Å². The predicted molar refractivity (Wildman–Crippen MR) is 79.6 cm³/mol. The van der Waals surface area contributed by atoms with Crippen molar-refractivity contribution >= 4 is 11.7 Å². The molecule has 0 fully saturated rings. The number of amidine groups is 2.